The predicted octanol–water partition coefficient (Wildman–Crippen LogP) is 2.36. The van der Waals surface area contributed by atoms with E-state index in [1.165, 1.54) is 25.2 Å². The lowest BCUT2D eigenvalue weighted by Crippen LogP contribution is -2.18. The number of hydrogen-bond acceptors (Lipinski definition) is 4. The fourth-order valence-corrected chi connectivity index (χ4v) is 3.28. The van der Waals surface area contributed by atoms with Crippen molar-refractivity contribution in [2.45, 2.75) is 4.90 Å². The smallest absolute Gasteiger partial charge is 0.255 e. The van der Waals surface area contributed by atoms with Crippen LogP contribution in [-0.4, -0.2) is 33.5 Å². The standard InChI is InChI=1S/C16H15ClN2O4S/c1-18-15(20)10-3-6-12(7-4-10)19-16(21)11-5-8-13(17)14(9-11)24(2,22)23/h3-9H,1-2H3,(H,18,20)(H,19,21). The van der Waals surface area contributed by atoms with Gasteiger partial charge in [-0.05, 0) is 42.5 Å². The Bertz CT molecular complexity index is 893. The molecule has 0 aliphatic carbocycles. The van der Waals surface area contributed by atoms with E-state index in [0.29, 0.717) is 11.3 Å². The topological polar surface area (TPSA) is 92.3 Å². The van der Waals surface area contributed by atoms with Gasteiger partial charge in [0, 0.05) is 30.1 Å². The first-order chi connectivity index (χ1) is 11.2. The van der Waals surface area contributed by atoms with Crippen molar-refractivity contribution in [2.75, 3.05) is 18.6 Å². The zero-order valence-electron chi connectivity index (χ0n) is 13.0. The molecule has 8 heteroatoms. The van der Waals surface area contributed by atoms with Gasteiger partial charge in [0.1, 0.15) is 0 Å². The first kappa shape index (κ1) is 18.0. The summed E-state index contributed by atoms with van der Waals surface area (Å²) in [5.74, 6) is -0.715. The van der Waals surface area contributed by atoms with Gasteiger partial charge in [-0.15, -0.1) is 0 Å². The fraction of sp³-hybridized carbons (Fsp3) is 0.125. The van der Waals surface area contributed by atoms with Gasteiger partial charge in [-0.1, -0.05) is 11.6 Å². The van der Waals surface area contributed by atoms with Crippen molar-refractivity contribution in [1.29, 1.82) is 0 Å². The van der Waals surface area contributed by atoms with Crippen LogP contribution in [0.25, 0.3) is 0 Å². The summed E-state index contributed by atoms with van der Waals surface area (Å²) in [5, 5.41) is 5.19. The first-order valence-electron chi connectivity index (χ1n) is 6.85. The molecule has 0 spiro atoms. The third kappa shape index (κ3) is 4.12. The van der Waals surface area contributed by atoms with E-state index in [0.717, 1.165) is 6.26 Å². The van der Waals surface area contributed by atoms with Gasteiger partial charge in [-0.2, -0.15) is 0 Å². The summed E-state index contributed by atoms with van der Waals surface area (Å²) in [4.78, 5) is 23.6. The Hall–Kier alpha value is -2.38. The molecule has 0 radical (unpaired) electrons. The molecule has 0 aliphatic heterocycles. The molecule has 0 fully saturated rings. The van der Waals surface area contributed by atoms with Gasteiger partial charge in [0.2, 0.25) is 0 Å². The van der Waals surface area contributed by atoms with Crippen LogP contribution in [0.15, 0.2) is 47.4 Å². The summed E-state index contributed by atoms with van der Waals surface area (Å²) in [6, 6.07) is 10.3. The molecular weight excluding hydrogens is 352 g/mol. The highest BCUT2D eigenvalue weighted by molar-refractivity contribution is 7.90. The van der Waals surface area contributed by atoms with Crippen LogP contribution in [0.3, 0.4) is 0 Å². The number of anilines is 1. The van der Waals surface area contributed by atoms with Gasteiger partial charge in [0.25, 0.3) is 11.8 Å². The normalized spacial score (nSPS) is 11.0. The average Bonchev–Trinajstić information content (AvgIpc) is 2.54. The third-order valence-electron chi connectivity index (χ3n) is 3.22. The maximum absolute atomic E-state index is 12.3. The van der Waals surface area contributed by atoms with Crippen LogP contribution in [0.4, 0.5) is 5.69 Å². The predicted molar refractivity (Wildman–Crippen MR) is 92.3 cm³/mol. The molecule has 0 saturated heterocycles. The van der Waals surface area contributed by atoms with Gasteiger partial charge in [0.15, 0.2) is 9.84 Å². The summed E-state index contributed by atoms with van der Waals surface area (Å²) in [7, 11) is -2.01. The third-order valence-corrected chi connectivity index (χ3v) is 4.80. The average molecular weight is 367 g/mol. The Labute approximate surface area is 144 Å². The van der Waals surface area contributed by atoms with Gasteiger partial charge in [-0.25, -0.2) is 8.42 Å². The molecule has 0 atom stereocenters. The van der Waals surface area contributed by atoms with E-state index in [9.17, 15) is 18.0 Å². The van der Waals surface area contributed by atoms with Gasteiger partial charge >= 0.3 is 0 Å². The number of hydrogen-bond donors (Lipinski definition) is 2. The number of halogens is 1. The maximum atomic E-state index is 12.3. The molecule has 6 nitrogen and oxygen atoms in total. The summed E-state index contributed by atoms with van der Waals surface area (Å²) < 4.78 is 23.3. The quantitative estimate of drug-likeness (QED) is 0.868. The van der Waals surface area contributed by atoms with E-state index in [1.54, 1.807) is 24.3 Å². The Morgan fingerprint density at radius 2 is 1.54 bits per heavy atom. The minimum absolute atomic E-state index is 0.0592. The van der Waals surface area contributed by atoms with Crippen LogP contribution in [0.1, 0.15) is 20.7 Å². The van der Waals surface area contributed by atoms with E-state index in [-0.39, 0.29) is 21.4 Å². The second-order valence-electron chi connectivity index (χ2n) is 5.03. The number of amides is 2. The molecule has 0 aromatic heterocycles. The summed E-state index contributed by atoms with van der Waals surface area (Å²) in [6.45, 7) is 0. The van der Waals surface area contributed by atoms with Crippen LogP contribution < -0.4 is 10.6 Å². The summed E-state index contributed by atoms with van der Waals surface area (Å²) in [5.41, 5.74) is 1.10. The van der Waals surface area contributed by atoms with Crippen LogP contribution in [0.2, 0.25) is 5.02 Å². The highest BCUT2D eigenvalue weighted by Crippen LogP contribution is 2.23. The van der Waals surface area contributed by atoms with E-state index >= 15 is 0 Å². The highest BCUT2D eigenvalue weighted by Gasteiger charge is 2.16. The number of nitrogens with one attached hydrogen (secondary N) is 2. The van der Waals surface area contributed by atoms with Crippen LogP contribution >= 0.6 is 11.6 Å². The van der Waals surface area contributed by atoms with Crippen LogP contribution in [-0.2, 0) is 9.84 Å². The van der Waals surface area contributed by atoms with E-state index in [4.69, 9.17) is 11.6 Å². The zero-order valence-corrected chi connectivity index (χ0v) is 14.5. The van der Waals surface area contributed by atoms with Crippen LogP contribution in [0.5, 0.6) is 0 Å². The van der Waals surface area contributed by atoms with Crippen LogP contribution in [0, 0.1) is 0 Å². The molecule has 0 saturated carbocycles. The SMILES string of the molecule is CNC(=O)c1ccc(NC(=O)c2ccc(Cl)c(S(C)(=O)=O)c2)cc1. The molecule has 0 heterocycles. The maximum Gasteiger partial charge on any atom is 0.255 e. The van der Waals surface area contributed by atoms with E-state index in [2.05, 4.69) is 10.6 Å². The molecular formula is C16H15ClN2O4S. The first-order valence-corrected chi connectivity index (χ1v) is 9.12. The van der Waals surface area contributed by atoms with E-state index in [1.807, 2.05) is 0 Å². The lowest BCUT2D eigenvalue weighted by atomic mass is 10.1. The van der Waals surface area contributed by atoms with Gasteiger partial charge < -0.3 is 10.6 Å². The minimum atomic E-state index is -3.54. The largest absolute Gasteiger partial charge is 0.355 e. The van der Waals surface area contributed by atoms with Crippen molar-refractivity contribution >= 4 is 38.9 Å². The van der Waals surface area contributed by atoms with Crippen molar-refractivity contribution in [3.8, 4) is 0 Å². The molecule has 2 amide bonds. The molecule has 24 heavy (non-hydrogen) atoms. The molecule has 126 valence electrons. The number of rotatable bonds is 4. The molecule has 2 aromatic carbocycles. The van der Waals surface area contributed by atoms with Crippen molar-refractivity contribution in [3.63, 3.8) is 0 Å². The van der Waals surface area contributed by atoms with Crippen molar-refractivity contribution < 1.29 is 18.0 Å². The van der Waals surface area contributed by atoms with Crippen molar-refractivity contribution in [3.05, 3.63) is 58.6 Å². The number of benzene rings is 2. The fourth-order valence-electron chi connectivity index (χ4n) is 1.98. The van der Waals surface area contributed by atoms with E-state index < -0.39 is 15.7 Å². The molecule has 2 aromatic rings. The monoisotopic (exact) mass is 366 g/mol. The van der Waals surface area contributed by atoms with Crippen molar-refractivity contribution in [1.82, 2.24) is 5.32 Å². The van der Waals surface area contributed by atoms with Gasteiger partial charge in [-0.3, -0.25) is 9.59 Å². The van der Waals surface area contributed by atoms with Gasteiger partial charge in [0.05, 0.1) is 9.92 Å². The minimum Gasteiger partial charge on any atom is -0.355 e. The number of sulfone groups is 1. The molecule has 0 unspecified atom stereocenters. The Morgan fingerprint density at radius 3 is 2.08 bits per heavy atom. The Balaban J connectivity index is 2.23. The summed E-state index contributed by atoms with van der Waals surface area (Å²) in [6.07, 6.45) is 1.02. The lowest BCUT2D eigenvalue weighted by Gasteiger charge is -2.08. The Morgan fingerprint density at radius 1 is 0.958 bits per heavy atom. The number of carbonyl (C=O) groups is 2. The molecule has 0 bridgehead atoms. The second-order valence-corrected chi connectivity index (χ2v) is 7.42. The zero-order chi connectivity index (χ0) is 17.9. The molecule has 2 rings (SSSR count). The lowest BCUT2D eigenvalue weighted by molar-refractivity contribution is 0.0962. The number of carbonyl (C=O) groups excluding carboxylic acids is 2. The highest BCUT2D eigenvalue weighted by atomic mass is 35.5. The van der Waals surface area contributed by atoms with Crippen molar-refractivity contribution in [2.24, 2.45) is 0 Å². The molecule has 0 aliphatic rings. The Kier molecular flexibility index (Phi) is 5.26. The second kappa shape index (κ2) is 7.02. The summed E-state index contributed by atoms with van der Waals surface area (Å²) >= 11 is 5.86. The molecule has 2 N–H and O–H groups in total.